The van der Waals surface area contributed by atoms with Crippen LogP contribution in [0.15, 0.2) is 0 Å². The third kappa shape index (κ3) is 32.4. The summed E-state index contributed by atoms with van der Waals surface area (Å²) in [5.41, 5.74) is 0. The van der Waals surface area contributed by atoms with E-state index in [1.165, 1.54) is 6.92 Å². The van der Waals surface area contributed by atoms with Gasteiger partial charge in [-0.2, -0.15) is 6.42 Å². The maximum atomic E-state index is 10.4. The molecule has 0 aliphatic rings. The average molecular weight is 1010 g/mol. The molecule has 0 aromatic carbocycles. The van der Waals surface area contributed by atoms with Crippen molar-refractivity contribution in [2.24, 2.45) is 0 Å². The predicted molar refractivity (Wildman–Crippen MR) is 66.3 cm³/mol. The van der Waals surface area contributed by atoms with Crippen molar-refractivity contribution in [3.8, 4) is 0 Å². The van der Waals surface area contributed by atoms with Crippen molar-refractivity contribution >= 4 is 58.4 Å². The molecule has 0 saturated heterocycles. The predicted octanol–water partition coefficient (Wildman–Crippen LogP) is 1.25. The topological polar surface area (TPSA) is 63.2 Å². The van der Waals surface area contributed by atoms with Gasteiger partial charge < -0.3 is 14.9 Å². The minimum Gasteiger partial charge on any atom is 0 e. The van der Waals surface area contributed by atoms with Gasteiger partial charge in [-0.05, 0) is 0 Å². The van der Waals surface area contributed by atoms with Gasteiger partial charge in [0.25, 0.3) is 0 Å². The minimum atomic E-state index is -0.672. The smallest absolute Gasteiger partial charge is 0 e. The van der Waals surface area contributed by atoms with Gasteiger partial charge in [-0.15, -0.1) is 0 Å². The summed E-state index contributed by atoms with van der Waals surface area (Å²) >= 11 is 4.74. The summed E-state index contributed by atoms with van der Waals surface area (Å²) in [6.45, 7) is 1.30. The SMILES string of the molecule is CC(=O)NC([C-]=O)CC[C-]=O.[I][V][I].[W].[W].[W]. The van der Waals surface area contributed by atoms with Gasteiger partial charge in [-0.25, -0.2) is 6.29 Å². The van der Waals surface area contributed by atoms with E-state index in [1.807, 2.05) is 0 Å². The van der Waals surface area contributed by atoms with Crippen molar-refractivity contribution in [1.82, 2.24) is 5.32 Å². The summed E-state index contributed by atoms with van der Waals surface area (Å²) in [5.74, 6) is -0.302. The first-order valence-corrected chi connectivity index (χ1v) is 12.6. The normalized spacial score (nSPS) is 8.41. The van der Waals surface area contributed by atoms with Crippen molar-refractivity contribution in [2.45, 2.75) is 25.8 Å². The summed E-state index contributed by atoms with van der Waals surface area (Å²) in [6, 6.07) is -0.672. The largest absolute Gasteiger partial charge is 0 e. The number of hydrogen-bond acceptors (Lipinski definition) is 3. The molecule has 0 aliphatic carbocycles. The van der Waals surface area contributed by atoms with E-state index in [4.69, 9.17) is 0 Å². The van der Waals surface area contributed by atoms with Gasteiger partial charge >= 0.3 is 49.4 Å². The molecule has 0 saturated carbocycles. The second-order valence-electron chi connectivity index (χ2n) is 2.12. The van der Waals surface area contributed by atoms with Gasteiger partial charge in [0.05, 0.1) is 0 Å². The van der Waals surface area contributed by atoms with Crippen LogP contribution in [0.2, 0.25) is 0 Å². The van der Waals surface area contributed by atoms with Crippen LogP contribution in [0.3, 0.4) is 0 Å². The Balaban J connectivity index is -0.0000000724. The summed E-state index contributed by atoms with van der Waals surface area (Å²) in [6.07, 6.45) is 3.64. The van der Waals surface area contributed by atoms with Crippen molar-refractivity contribution in [3.63, 3.8) is 0 Å². The molecule has 0 radical (unpaired) electrons. The Labute approximate surface area is 173 Å². The number of carbonyl (C=O) groups excluding carboxylic acids is 3. The fraction of sp³-hybridized carbons (Fsp3) is 0.571. The number of nitrogens with one attached hydrogen (secondary N) is 1. The monoisotopic (exact) mass is 1010 g/mol. The number of hydrogen-bond donors (Lipinski definition) is 1. The van der Waals surface area contributed by atoms with Crippen LogP contribution in [0.4, 0.5) is 0 Å². The van der Waals surface area contributed by atoms with Crippen LogP contribution >= 0.6 is 40.0 Å². The van der Waals surface area contributed by atoms with Crippen molar-refractivity contribution in [3.05, 3.63) is 0 Å². The Hall–Kier alpha value is 2.92. The van der Waals surface area contributed by atoms with Crippen LogP contribution in [-0.2, 0) is 87.0 Å². The standard InChI is InChI=1S/C7H9NO3.2HI.V.3W/c1-6(11)8-7(5-10)3-2-4-9;;;;;;/h7H,2-3H2,1H3,(H,8,11);2*1H;;;;/q-2;;;+2;;;/p-2. The van der Waals surface area contributed by atoms with Crippen LogP contribution < -0.4 is 5.32 Å². The molecule has 99 valence electrons. The molecule has 1 amide bonds. The van der Waals surface area contributed by atoms with Crippen molar-refractivity contribution in [2.75, 3.05) is 0 Å². The molecule has 0 heterocycles. The molecule has 10 heteroatoms. The van der Waals surface area contributed by atoms with Crippen molar-refractivity contribution < 1.29 is 87.0 Å². The summed E-state index contributed by atoms with van der Waals surface area (Å²) in [7, 11) is 0.628. The van der Waals surface area contributed by atoms with E-state index in [-0.39, 0.29) is 81.9 Å². The van der Waals surface area contributed by atoms with E-state index in [0.717, 1.165) is 0 Å². The first kappa shape index (κ1) is 32.0. The Morgan fingerprint density at radius 1 is 1.29 bits per heavy atom. The number of halogens is 2. The maximum Gasteiger partial charge on any atom is 0 e. The first-order chi connectivity index (χ1) is 6.62. The zero-order valence-corrected chi connectivity index (χ0v) is 23.2. The Kier molecular flexibility index (Phi) is 51.4. The Morgan fingerprint density at radius 2 is 1.71 bits per heavy atom. The molecule has 0 aliphatic heterocycles. The van der Waals surface area contributed by atoms with Crippen molar-refractivity contribution in [1.29, 1.82) is 0 Å². The van der Waals surface area contributed by atoms with E-state index in [0.29, 0.717) is 9.47 Å². The number of rotatable bonds is 5. The third-order valence-electron chi connectivity index (χ3n) is 1.05. The summed E-state index contributed by atoms with van der Waals surface area (Å²) in [4.78, 5) is 30.2. The van der Waals surface area contributed by atoms with Gasteiger partial charge in [0.2, 0.25) is 5.91 Å². The molecule has 1 unspecified atom stereocenters. The van der Waals surface area contributed by atoms with E-state index in [9.17, 15) is 14.4 Å². The molecular weight excluding hydrogens is 1000 g/mol. The minimum absolute atomic E-state index is 0. The molecule has 4 nitrogen and oxygen atoms in total. The second-order valence-corrected chi connectivity index (χ2v) is 13.9. The number of carbonyl (C=O) groups is 1. The zero-order valence-electron chi connectivity index (χ0n) is 8.64. The maximum absolute atomic E-state index is 10.4. The molecule has 0 spiro atoms. The molecule has 0 fully saturated rings. The molecule has 0 aromatic heterocycles. The van der Waals surface area contributed by atoms with E-state index in [1.54, 1.807) is 12.6 Å². The van der Waals surface area contributed by atoms with E-state index >= 15 is 0 Å². The Bertz CT molecular complexity index is 192. The Morgan fingerprint density at radius 3 is 1.94 bits per heavy atom. The van der Waals surface area contributed by atoms with Gasteiger partial charge in [-0.1, -0.05) is 12.5 Å². The molecule has 0 bridgehead atoms. The zero-order chi connectivity index (χ0) is 11.4. The molecular formula is C7H9I2NO3VW3-2. The van der Waals surface area contributed by atoms with Crippen LogP contribution in [0.25, 0.3) is 0 Å². The molecule has 17 heavy (non-hydrogen) atoms. The third-order valence-corrected chi connectivity index (χ3v) is 1.05. The summed E-state index contributed by atoms with van der Waals surface area (Å²) in [5, 5.41) is 2.32. The van der Waals surface area contributed by atoms with Gasteiger partial charge in [0.15, 0.2) is 0 Å². The van der Waals surface area contributed by atoms with Crippen LogP contribution in [0, 0.1) is 0 Å². The van der Waals surface area contributed by atoms with Crippen LogP contribution in [-0.4, -0.2) is 24.5 Å². The van der Waals surface area contributed by atoms with Gasteiger partial charge in [-0.3, -0.25) is 11.1 Å². The fourth-order valence-electron chi connectivity index (χ4n) is 0.609. The summed E-state index contributed by atoms with van der Waals surface area (Å²) < 4.78 is 0. The van der Waals surface area contributed by atoms with Gasteiger partial charge in [0.1, 0.15) is 0 Å². The van der Waals surface area contributed by atoms with Gasteiger partial charge in [0, 0.05) is 70.1 Å². The quantitative estimate of drug-likeness (QED) is 0.334. The average Bonchev–Trinajstić information content (AvgIpc) is 2.13. The fourth-order valence-corrected chi connectivity index (χ4v) is 0.609. The van der Waals surface area contributed by atoms with E-state index < -0.39 is 6.04 Å². The molecule has 1 atom stereocenters. The second kappa shape index (κ2) is 27.3. The first-order valence-electron chi connectivity index (χ1n) is 3.54. The van der Waals surface area contributed by atoms with E-state index in [2.05, 4.69) is 45.3 Å². The van der Waals surface area contributed by atoms with Crippen LogP contribution in [0.1, 0.15) is 19.8 Å². The number of amides is 1. The molecule has 1 N–H and O–H groups in total. The molecule has 0 aromatic rings. The van der Waals surface area contributed by atoms with Crippen LogP contribution in [0.5, 0.6) is 0 Å². The molecule has 0 rings (SSSR count).